The number of piperidine rings is 1. The molecule has 1 saturated heterocycles. The highest BCUT2D eigenvalue weighted by molar-refractivity contribution is 5.79. The number of benzene rings is 1. The summed E-state index contributed by atoms with van der Waals surface area (Å²) >= 11 is 0. The third kappa shape index (κ3) is 4.91. The molecule has 5 heteroatoms. The molecule has 1 amide bonds. The lowest BCUT2D eigenvalue weighted by atomic mass is 9.94. The van der Waals surface area contributed by atoms with E-state index >= 15 is 0 Å². The van der Waals surface area contributed by atoms with E-state index in [9.17, 15) is 9.90 Å². The molecule has 0 aromatic heterocycles. The maximum atomic E-state index is 12.6. The van der Waals surface area contributed by atoms with Crippen LogP contribution in [0.2, 0.25) is 0 Å². The number of likely N-dealkylation sites (tertiary alicyclic amines) is 1. The molecule has 0 unspecified atom stereocenters. The monoisotopic (exact) mass is 360 g/mol. The van der Waals surface area contributed by atoms with Crippen molar-refractivity contribution in [3.8, 4) is 11.5 Å². The molecular weight excluding hydrogens is 328 g/mol. The first-order valence-electron chi connectivity index (χ1n) is 10.0. The van der Waals surface area contributed by atoms with Gasteiger partial charge in [-0.15, -0.1) is 0 Å². The number of hydrogen-bond donors (Lipinski definition) is 2. The zero-order chi connectivity index (χ0) is 18.4. The number of phenolic OH excluding ortho intramolecular Hbond substituents is 1. The van der Waals surface area contributed by atoms with Gasteiger partial charge in [-0.25, -0.2) is 0 Å². The number of phenols is 1. The highest BCUT2D eigenvalue weighted by Gasteiger charge is 2.27. The largest absolute Gasteiger partial charge is 0.504 e. The SMILES string of the molecule is COc1cccc(CN2CCC(C(=O)NC3CCCCCC3)CC2)c1O. The number of nitrogens with zero attached hydrogens (tertiary/aromatic N) is 1. The maximum Gasteiger partial charge on any atom is 0.223 e. The summed E-state index contributed by atoms with van der Waals surface area (Å²) in [6.07, 6.45) is 9.16. The normalized spacial score (nSPS) is 20.5. The van der Waals surface area contributed by atoms with Crippen LogP contribution in [-0.2, 0) is 11.3 Å². The Labute approximate surface area is 156 Å². The highest BCUT2D eigenvalue weighted by atomic mass is 16.5. The Hall–Kier alpha value is -1.75. The van der Waals surface area contributed by atoms with E-state index in [1.54, 1.807) is 13.2 Å². The molecule has 0 spiro atoms. The summed E-state index contributed by atoms with van der Waals surface area (Å²) in [6.45, 7) is 2.47. The number of carbonyl (C=O) groups excluding carboxylic acids is 1. The number of carbonyl (C=O) groups is 1. The summed E-state index contributed by atoms with van der Waals surface area (Å²) in [5.41, 5.74) is 0.880. The van der Waals surface area contributed by atoms with E-state index < -0.39 is 0 Å². The lowest BCUT2D eigenvalue weighted by Crippen LogP contribution is -2.43. The first-order chi connectivity index (χ1) is 12.7. The Balaban J connectivity index is 1.47. The van der Waals surface area contributed by atoms with Gasteiger partial charge >= 0.3 is 0 Å². The van der Waals surface area contributed by atoms with Gasteiger partial charge in [0.15, 0.2) is 11.5 Å². The second-order valence-electron chi connectivity index (χ2n) is 7.72. The molecule has 1 aromatic carbocycles. The number of amides is 1. The van der Waals surface area contributed by atoms with Crippen molar-refractivity contribution in [1.82, 2.24) is 10.2 Å². The Morgan fingerprint density at radius 1 is 1.15 bits per heavy atom. The van der Waals surface area contributed by atoms with Gasteiger partial charge in [0.05, 0.1) is 7.11 Å². The van der Waals surface area contributed by atoms with Gasteiger partial charge in [0.1, 0.15) is 0 Å². The smallest absolute Gasteiger partial charge is 0.223 e. The molecule has 1 saturated carbocycles. The molecule has 5 nitrogen and oxygen atoms in total. The fourth-order valence-electron chi connectivity index (χ4n) is 4.20. The minimum Gasteiger partial charge on any atom is -0.504 e. The standard InChI is InChI=1S/C21H32N2O3/c1-26-19-10-6-7-17(20(19)24)15-23-13-11-16(12-14-23)21(25)22-18-8-4-2-3-5-9-18/h6-7,10,16,18,24H,2-5,8-9,11-15H2,1H3,(H,22,25). The topological polar surface area (TPSA) is 61.8 Å². The second-order valence-corrected chi connectivity index (χ2v) is 7.72. The van der Waals surface area contributed by atoms with E-state index in [0.29, 0.717) is 18.3 Å². The molecule has 1 aliphatic carbocycles. The van der Waals surface area contributed by atoms with Crippen LogP contribution >= 0.6 is 0 Å². The number of aromatic hydroxyl groups is 1. The van der Waals surface area contributed by atoms with Crippen LogP contribution in [0.25, 0.3) is 0 Å². The van der Waals surface area contributed by atoms with Crippen molar-refractivity contribution in [2.45, 2.75) is 64.0 Å². The summed E-state index contributed by atoms with van der Waals surface area (Å²) in [6, 6.07) is 5.99. The summed E-state index contributed by atoms with van der Waals surface area (Å²) in [5.74, 6) is 1.12. The van der Waals surface area contributed by atoms with E-state index in [-0.39, 0.29) is 17.6 Å². The van der Waals surface area contributed by atoms with Gasteiger partial charge in [-0.1, -0.05) is 37.8 Å². The lowest BCUT2D eigenvalue weighted by Gasteiger charge is -2.32. The number of methoxy groups -OCH3 is 1. The predicted molar refractivity (Wildman–Crippen MR) is 102 cm³/mol. The molecule has 2 aliphatic rings. The van der Waals surface area contributed by atoms with E-state index in [1.165, 1.54) is 25.7 Å². The molecule has 0 bridgehead atoms. The third-order valence-corrected chi connectivity index (χ3v) is 5.86. The molecular formula is C21H32N2O3. The molecule has 144 valence electrons. The Morgan fingerprint density at radius 2 is 1.85 bits per heavy atom. The van der Waals surface area contributed by atoms with Crippen molar-refractivity contribution in [3.05, 3.63) is 23.8 Å². The van der Waals surface area contributed by atoms with Crippen LogP contribution < -0.4 is 10.1 Å². The fraction of sp³-hybridized carbons (Fsp3) is 0.667. The van der Waals surface area contributed by atoms with Gasteiger partial charge < -0.3 is 15.2 Å². The minimum atomic E-state index is 0.133. The van der Waals surface area contributed by atoms with Crippen molar-refractivity contribution >= 4 is 5.91 Å². The molecule has 1 heterocycles. The van der Waals surface area contributed by atoms with Gasteiger partial charge in [0, 0.05) is 24.1 Å². The van der Waals surface area contributed by atoms with Crippen LogP contribution in [-0.4, -0.2) is 42.2 Å². The van der Waals surface area contributed by atoms with Gasteiger partial charge in [-0.05, 0) is 44.8 Å². The zero-order valence-electron chi connectivity index (χ0n) is 15.9. The van der Waals surface area contributed by atoms with Crippen molar-refractivity contribution in [3.63, 3.8) is 0 Å². The molecule has 3 rings (SSSR count). The highest BCUT2D eigenvalue weighted by Crippen LogP contribution is 2.31. The average molecular weight is 360 g/mol. The van der Waals surface area contributed by atoms with Crippen LogP contribution in [0, 0.1) is 5.92 Å². The fourth-order valence-corrected chi connectivity index (χ4v) is 4.20. The Bertz CT molecular complexity index is 589. The number of hydrogen-bond acceptors (Lipinski definition) is 4. The number of para-hydroxylation sites is 1. The zero-order valence-corrected chi connectivity index (χ0v) is 15.9. The number of ether oxygens (including phenoxy) is 1. The second kappa shape index (κ2) is 9.26. The van der Waals surface area contributed by atoms with Crippen LogP contribution in [0.15, 0.2) is 18.2 Å². The summed E-state index contributed by atoms with van der Waals surface area (Å²) in [4.78, 5) is 14.9. The predicted octanol–water partition coefficient (Wildman–Crippen LogP) is 3.45. The Morgan fingerprint density at radius 3 is 2.50 bits per heavy atom. The van der Waals surface area contributed by atoms with Crippen LogP contribution in [0.3, 0.4) is 0 Å². The molecule has 2 N–H and O–H groups in total. The van der Waals surface area contributed by atoms with E-state index in [0.717, 1.165) is 44.3 Å². The van der Waals surface area contributed by atoms with Crippen molar-refractivity contribution < 1.29 is 14.6 Å². The van der Waals surface area contributed by atoms with Crippen LogP contribution in [0.4, 0.5) is 0 Å². The van der Waals surface area contributed by atoms with E-state index in [4.69, 9.17) is 4.74 Å². The minimum absolute atomic E-state index is 0.133. The molecule has 0 radical (unpaired) electrons. The van der Waals surface area contributed by atoms with Crippen LogP contribution in [0.5, 0.6) is 11.5 Å². The number of nitrogens with one attached hydrogen (secondary N) is 1. The lowest BCUT2D eigenvalue weighted by molar-refractivity contribution is -0.127. The average Bonchev–Trinajstić information content (AvgIpc) is 2.92. The third-order valence-electron chi connectivity index (χ3n) is 5.86. The molecule has 26 heavy (non-hydrogen) atoms. The maximum absolute atomic E-state index is 12.6. The van der Waals surface area contributed by atoms with Crippen molar-refractivity contribution in [2.75, 3.05) is 20.2 Å². The molecule has 2 fully saturated rings. The van der Waals surface area contributed by atoms with Gasteiger partial charge in [0.25, 0.3) is 0 Å². The van der Waals surface area contributed by atoms with E-state index in [1.807, 2.05) is 12.1 Å². The van der Waals surface area contributed by atoms with E-state index in [2.05, 4.69) is 10.2 Å². The molecule has 1 aromatic rings. The molecule has 1 aliphatic heterocycles. The van der Waals surface area contributed by atoms with Gasteiger partial charge in [-0.3, -0.25) is 9.69 Å². The van der Waals surface area contributed by atoms with Gasteiger partial charge in [0.2, 0.25) is 5.91 Å². The first-order valence-corrected chi connectivity index (χ1v) is 10.0. The quantitative estimate of drug-likeness (QED) is 0.790. The van der Waals surface area contributed by atoms with Crippen LogP contribution in [0.1, 0.15) is 56.9 Å². The van der Waals surface area contributed by atoms with Gasteiger partial charge in [-0.2, -0.15) is 0 Å². The summed E-state index contributed by atoms with van der Waals surface area (Å²) in [7, 11) is 1.57. The number of rotatable bonds is 5. The first kappa shape index (κ1) is 19.0. The molecule has 0 atom stereocenters. The van der Waals surface area contributed by atoms with Crippen molar-refractivity contribution in [2.24, 2.45) is 5.92 Å². The summed E-state index contributed by atoms with van der Waals surface area (Å²) < 4.78 is 5.18. The summed E-state index contributed by atoms with van der Waals surface area (Å²) in [5, 5.41) is 13.6. The van der Waals surface area contributed by atoms with Crippen molar-refractivity contribution in [1.29, 1.82) is 0 Å². The Kier molecular flexibility index (Phi) is 6.78.